The van der Waals surface area contributed by atoms with Crippen LogP contribution in [-0.2, 0) is 0 Å². The van der Waals surface area contributed by atoms with Crippen molar-refractivity contribution in [2.75, 3.05) is 25.9 Å². The third-order valence-corrected chi connectivity index (χ3v) is 6.27. The predicted molar refractivity (Wildman–Crippen MR) is 75.7 cm³/mol. The minimum absolute atomic E-state index is 0.510. The molecule has 2 saturated carbocycles. The predicted octanol–water partition coefficient (Wildman–Crippen LogP) is 2.49. The van der Waals surface area contributed by atoms with Gasteiger partial charge in [-0.2, -0.15) is 11.8 Å². The van der Waals surface area contributed by atoms with Gasteiger partial charge in [0.05, 0.1) is 0 Å². The van der Waals surface area contributed by atoms with E-state index in [9.17, 15) is 0 Å². The standard InChI is InChI=1S/C14H26N2S/c1-17-13-5-4-12(10-13)16-9-8-15-14(11-16)6-2-3-7-14/h12-13,15H,2-11H2,1H3. The highest BCUT2D eigenvalue weighted by Gasteiger charge is 2.40. The molecule has 1 aliphatic heterocycles. The first-order valence-corrected chi connectivity index (χ1v) is 8.62. The molecule has 17 heavy (non-hydrogen) atoms. The number of hydrogen-bond acceptors (Lipinski definition) is 3. The summed E-state index contributed by atoms with van der Waals surface area (Å²) in [5.74, 6) is 0. The molecule has 0 aromatic heterocycles. The Hall–Kier alpha value is 0.270. The minimum Gasteiger partial charge on any atom is -0.309 e. The summed E-state index contributed by atoms with van der Waals surface area (Å²) in [6, 6.07) is 0.895. The summed E-state index contributed by atoms with van der Waals surface area (Å²) in [5.41, 5.74) is 0.510. The Morgan fingerprint density at radius 3 is 2.76 bits per heavy atom. The van der Waals surface area contributed by atoms with Gasteiger partial charge in [0.15, 0.2) is 0 Å². The van der Waals surface area contributed by atoms with Crippen LogP contribution in [-0.4, -0.2) is 47.6 Å². The highest BCUT2D eigenvalue weighted by molar-refractivity contribution is 7.99. The van der Waals surface area contributed by atoms with Crippen molar-refractivity contribution in [1.82, 2.24) is 10.2 Å². The van der Waals surface area contributed by atoms with Crippen molar-refractivity contribution >= 4 is 11.8 Å². The smallest absolute Gasteiger partial charge is 0.0309 e. The first-order valence-electron chi connectivity index (χ1n) is 7.33. The SMILES string of the molecule is CSC1CCC(N2CCNC3(CCCC3)C2)C1. The third kappa shape index (κ3) is 2.52. The molecule has 0 bridgehead atoms. The fraction of sp³-hybridized carbons (Fsp3) is 1.00. The molecule has 0 amide bonds. The molecule has 1 saturated heterocycles. The van der Waals surface area contributed by atoms with E-state index in [1.54, 1.807) is 0 Å². The highest BCUT2D eigenvalue weighted by atomic mass is 32.2. The van der Waals surface area contributed by atoms with Crippen molar-refractivity contribution in [1.29, 1.82) is 0 Å². The maximum atomic E-state index is 3.83. The quantitative estimate of drug-likeness (QED) is 0.815. The Morgan fingerprint density at radius 2 is 2.06 bits per heavy atom. The molecule has 0 aromatic carbocycles. The van der Waals surface area contributed by atoms with Crippen LogP contribution in [0.25, 0.3) is 0 Å². The number of nitrogens with zero attached hydrogens (tertiary/aromatic N) is 1. The average molecular weight is 254 g/mol. The second-order valence-electron chi connectivity index (χ2n) is 6.21. The summed E-state index contributed by atoms with van der Waals surface area (Å²) in [5, 5.41) is 4.77. The van der Waals surface area contributed by atoms with Crippen LogP contribution in [0.5, 0.6) is 0 Å². The maximum absolute atomic E-state index is 3.83. The lowest BCUT2D eigenvalue weighted by molar-refractivity contribution is 0.0960. The van der Waals surface area contributed by atoms with E-state index in [2.05, 4.69) is 28.2 Å². The third-order valence-electron chi connectivity index (χ3n) is 5.17. The first kappa shape index (κ1) is 12.3. The highest BCUT2D eigenvalue weighted by Crippen LogP contribution is 2.36. The van der Waals surface area contributed by atoms with E-state index in [1.807, 2.05) is 0 Å². The zero-order valence-corrected chi connectivity index (χ0v) is 11.9. The van der Waals surface area contributed by atoms with Crippen molar-refractivity contribution in [2.24, 2.45) is 0 Å². The molecular weight excluding hydrogens is 228 g/mol. The minimum atomic E-state index is 0.510. The molecule has 2 atom stereocenters. The van der Waals surface area contributed by atoms with Crippen LogP contribution in [0.2, 0.25) is 0 Å². The number of rotatable bonds is 2. The average Bonchev–Trinajstić information content (AvgIpc) is 2.99. The van der Waals surface area contributed by atoms with Crippen LogP contribution in [0.4, 0.5) is 0 Å². The molecular formula is C14H26N2S. The van der Waals surface area contributed by atoms with Gasteiger partial charge in [-0.15, -0.1) is 0 Å². The van der Waals surface area contributed by atoms with Crippen LogP contribution in [0.15, 0.2) is 0 Å². The molecule has 1 heterocycles. The van der Waals surface area contributed by atoms with Gasteiger partial charge in [0.1, 0.15) is 0 Å². The van der Waals surface area contributed by atoms with Crippen LogP contribution < -0.4 is 5.32 Å². The van der Waals surface area contributed by atoms with E-state index in [1.165, 1.54) is 64.6 Å². The molecule has 0 radical (unpaired) electrons. The summed E-state index contributed by atoms with van der Waals surface area (Å²) >= 11 is 2.08. The molecule has 98 valence electrons. The number of nitrogens with one attached hydrogen (secondary N) is 1. The zero-order chi connectivity index (χ0) is 11.7. The number of hydrogen-bond donors (Lipinski definition) is 1. The maximum Gasteiger partial charge on any atom is 0.0309 e. The molecule has 3 heteroatoms. The summed E-state index contributed by atoms with van der Waals surface area (Å²) in [4.78, 5) is 2.82. The second-order valence-corrected chi connectivity index (χ2v) is 7.35. The van der Waals surface area contributed by atoms with Gasteiger partial charge in [-0.3, -0.25) is 4.90 Å². The Labute approximate surface area is 110 Å². The zero-order valence-electron chi connectivity index (χ0n) is 11.1. The molecule has 0 aromatic rings. The number of piperazine rings is 1. The van der Waals surface area contributed by atoms with Crippen molar-refractivity contribution < 1.29 is 0 Å². The number of thioether (sulfide) groups is 1. The Bertz CT molecular complexity index is 263. The van der Waals surface area contributed by atoms with Crippen LogP contribution in [0.3, 0.4) is 0 Å². The largest absolute Gasteiger partial charge is 0.309 e. The van der Waals surface area contributed by atoms with Crippen LogP contribution in [0.1, 0.15) is 44.9 Å². The van der Waals surface area contributed by atoms with Gasteiger partial charge >= 0.3 is 0 Å². The summed E-state index contributed by atoms with van der Waals surface area (Å²) in [6.07, 6.45) is 12.3. The first-order chi connectivity index (χ1) is 8.31. The lowest BCUT2D eigenvalue weighted by Crippen LogP contribution is -2.60. The molecule has 3 aliphatic rings. The van der Waals surface area contributed by atoms with E-state index in [4.69, 9.17) is 0 Å². The summed E-state index contributed by atoms with van der Waals surface area (Å²) in [6.45, 7) is 3.84. The van der Waals surface area contributed by atoms with Crippen molar-refractivity contribution in [3.05, 3.63) is 0 Å². The van der Waals surface area contributed by atoms with E-state index >= 15 is 0 Å². The van der Waals surface area contributed by atoms with Gasteiger partial charge in [-0.25, -0.2) is 0 Å². The van der Waals surface area contributed by atoms with E-state index in [0.717, 1.165) is 11.3 Å². The lowest BCUT2D eigenvalue weighted by Gasteiger charge is -2.44. The van der Waals surface area contributed by atoms with Gasteiger partial charge in [0.2, 0.25) is 0 Å². The normalized spacial score (nSPS) is 37.9. The van der Waals surface area contributed by atoms with Crippen molar-refractivity contribution in [2.45, 2.75) is 61.8 Å². The van der Waals surface area contributed by atoms with Crippen LogP contribution in [0, 0.1) is 0 Å². The Morgan fingerprint density at radius 1 is 1.24 bits per heavy atom. The van der Waals surface area contributed by atoms with Crippen molar-refractivity contribution in [3.8, 4) is 0 Å². The molecule has 2 nitrogen and oxygen atoms in total. The van der Waals surface area contributed by atoms with Gasteiger partial charge in [0, 0.05) is 36.5 Å². The van der Waals surface area contributed by atoms with Crippen molar-refractivity contribution in [3.63, 3.8) is 0 Å². The monoisotopic (exact) mass is 254 g/mol. The molecule has 3 rings (SSSR count). The van der Waals surface area contributed by atoms with E-state index in [-0.39, 0.29) is 0 Å². The summed E-state index contributed by atoms with van der Waals surface area (Å²) < 4.78 is 0. The van der Waals surface area contributed by atoms with Gasteiger partial charge in [-0.1, -0.05) is 12.8 Å². The Kier molecular flexibility index (Phi) is 3.69. The summed E-state index contributed by atoms with van der Waals surface area (Å²) in [7, 11) is 0. The fourth-order valence-electron chi connectivity index (χ4n) is 4.15. The lowest BCUT2D eigenvalue weighted by atomic mass is 9.93. The Balaban J connectivity index is 1.60. The molecule has 1 N–H and O–H groups in total. The van der Waals surface area contributed by atoms with E-state index < -0.39 is 0 Å². The molecule has 3 fully saturated rings. The van der Waals surface area contributed by atoms with Gasteiger partial charge in [-0.05, 0) is 38.4 Å². The topological polar surface area (TPSA) is 15.3 Å². The molecule has 2 aliphatic carbocycles. The van der Waals surface area contributed by atoms with E-state index in [0.29, 0.717) is 5.54 Å². The molecule has 2 unspecified atom stereocenters. The molecule has 1 spiro atoms. The van der Waals surface area contributed by atoms with Gasteiger partial charge < -0.3 is 5.32 Å². The van der Waals surface area contributed by atoms with Gasteiger partial charge in [0.25, 0.3) is 0 Å². The van der Waals surface area contributed by atoms with Crippen LogP contribution >= 0.6 is 11.8 Å². The fourth-order valence-corrected chi connectivity index (χ4v) is 4.94. The second kappa shape index (κ2) is 5.10.